The highest BCUT2D eigenvalue weighted by atomic mass is 15.2. The minimum Gasteiger partial charge on any atom is -0.310 e. The SMILES string of the molecule is CC1CCC(C)C(NC2CCN(Cc3ccccc3)C2)C1. The second kappa shape index (κ2) is 6.93. The maximum absolute atomic E-state index is 3.97. The fourth-order valence-corrected chi connectivity index (χ4v) is 4.02. The molecular weight excluding hydrogens is 256 g/mol. The first-order chi connectivity index (χ1) is 10.2. The molecule has 2 aliphatic rings. The summed E-state index contributed by atoms with van der Waals surface area (Å²) in [6, 6.07) is 12.3. The van der Waals surface area contributed by atoms with E-state index in [9.17, 15) is 0 Å². The molecule has 4 atom stereocenters. The molecule has 116 valence electrons. The van der Waals surface area contributed by atoms with Crippen LogP contribution >= 0.6 is 0 Å². The minimum absolute atomic E-state index is 0.700. The number of rotatable bonds is 4. The van der Waals surface area contributed by atoms with Crippen LogP contribution in [-0.2, 0) is 6.54 Å². The van der Waals surface area contributed by atoms with E-state index in [1.807, 2.05) is 0 Å². The Morgan fingerprint density at radius 3 is 2.71 bits per heavy atom. The molecule has 0 radical (unpaired) electrons. The Morgan fingerprint density at radius 1 is 1.10 bits per heavy atom. The van der Waals surface area contributed by atoms with Crippen molar-refractivity contribution in [3.63, 3.8) is 0 Å². The summed E-state index contributed by atoms with van der Waals surface area (Å²) < 4.78 is 0. The number of hydrogen-bond acceptors (Lipinski definition) is 2. The highest BCUT2D eigenvalue weighted by Gasteiger charge is 2.30. The number of nitrogens with zero attached hydrogens (tertiary/aromatic N) is 1. The Kier molecular flexibility index (Phi) is 4.97. The van der Waals surface area contributed by atoms with Gasteiger partial charge in [-0.15, -0.1) is 0 Å². The molecule has 1 N–H and O–H groups in total. The van der Waals surface area contributed by atoms with Gasteiger partial charge >= 0.3 is 0 Å². The summed E-state index contributed by atoms with van der Waals surface area (Å²) >= 11 is 0. The second-order valence-corrected chi connectivity index (χ2v) is 7.37. The Morgan fingerprint density at radius 2 is 1.90 bits per heavy atom. The number of benzene rings is 1. The van der Waals surface area contributed by atoms with Crippen molar-refractivity contribution in [2.45, 2.75) is 58.2 Å². The zero-order valence-corrected chi connectivity index (χ0v) is 13.6. The van der Waals surface area contributed by atoms with E-state index in [2.05, 4.69) is 54.4 Å². The normalized spacial score (nSPS) is 34.2. The first-order valence-corrected chi connectivity index (χ1v) is 8.73. The first-order valence-electron chi connectivity index (χ1n) is 8.73. The third-order valence-corrected chi connectivity index (χ3v) is 5.43. The van der Waals surface area contributed by atoms with E-state index in [-0.39, 0.29) is 0 Å². The predicted molar refractivity (Wildman–Crippen MR) is 89.2 cm³/mol. The zero-order valence-electron chi connectivity index (χ0n) is 13.6. The third-order valence-electron chi connectivity index (χ3n) is 5.43. The molecule has 1 aliphatic heterocycles. The molecule has 1 aliphatic carbocycles. The molecular formula is C19H30N2. The summed E-state index contributed by atoms with van der Waals surface area (Å²) in [5.41, 5.74) is 1.44. The van der Waals surface area contributed by atoms with E-state index in [1.165, 1.54) is 44.3 Å². The maximum Gasteiger partial charge on any atom is 0.0234 e. The Labute approximate surface area is 129 Å². The van der Waals surface area contributed by atoms with E-state index >= 15 is 0 Å². The molecule has 1 saturated carbocycles. The van der Waals surface area contributed by atoms with E-state index in [4.69, 9.17) is 0 Å². The number of hydrogen-bond donors (Lipinski definition) is 1. The van der Waals surface area contributed by atoms with Gasteiger partial charge in [-0.25, -0.2) is 0 Å². The number of likely N-dealkylation sites (tertiary alicyclic amines) is 1. The van der Waals surface area contributed by atoms with Crippen LogP contribution in [-0.4, -0.2) is 30.1 Å². The van der Waals surface area contributed by atoms with Crippen LogP contribution in [0.1, 0.15) is 45.1 Å². The van der Waals surface area contributed by atoms with Crippen molar-refractivity contribution >= 4 is 0 Å². The van der Waals surface area contributed by atoms with Crippen molar-refractivity contribution in [2.24, 2.45) is 11.8 Å². The molecule has 0 amide bonds. The van der Waals surface area contributed by atoms with Gasteiger partial charge in [-0.3, -0.25) is 4.90 Å². The van der Waals surface area contributed by atoms with Crippen molar-refractivity contribution in [1.82, 2.24) is 10.2 Å². The van der Waals surface area contributed by atoms with Gasteiger partial charge in [0.15, 0.2) is 0 Å². The summed E-state index contributed by atoms with van der Waals surface area (Å²) in [7, 11) is 0. The lowest BCUT2D eigenvalue weighted by atomic mass is 9.80. The predicted octanol–water partition coefficient (Wildman–Crippen LogP) is 3.68. The van der Waals surface area contributed by atoms with Gasteiger partial charge in [0.05, 0.1) is 0 Å². The van der Waals surface area contributed by atoms with Crippen LogP contribution in [0.2, 0.25) is 0 Å². The topological polar surface area (TPSA) is 15.3 Å². The molecule has 0 spiro atoms. The molecule has 1 saturated heterocycles. The van der Waals surface area contributed by atoms with Crippen LogP contribution in [0, 0.1) is 11.8 Å². The fraction of sp³-hybridized carbons (Fsp3) is 0.684. The van der Waals surface area contributed by atoms with E-state index in [0.717, 1.165) is 24.4 Å². The average molecular weight is 286 g/mol. The zero-order chi connectivity index (χ0) is 14.7. The largest absolute Gasteiger partial charge is 0.310 e. The van der Waals surface area contributed by atoms with Gasteiger partial charge < -0.3 is 5.32 Å². The van der Waals surface area contributed by atoms with E-state index in [0.29, 0.717) is 6.04 Å². The van der Waals surface area contributed by atoms with Gasteiger partial charge in [0.1, 0.15) is 0 Å². The summed E-state index contributed by atoms with van der Waals surface area (Å²) in [6.07, 6.45) is 5.50. The van der Waals surface area contributed by atoms with Crippen molar-refractivity contribution in [1.29, 1.82) is 0 Å². The average Bonchev–Trinajstić information content (AvgIpc) is 2.91. The van der Waals surface area contributed by atoms with Crippen LogP contribution in [0.4, 0.5) is 0 Å². The van der Waals surface area contributed by atoms with Crippen molar-refractivity contribution < 1.29 is 0 Å². The van der Waals surface area contributed by atoms with Crippen molar-refractivity contribution in [2.75, 3.05) is 13.1 Å². The maximum atomic E-state index is 3.97. The summed E-state index contributed by atoms with van der Waals surface area (Å²) in [6.45, 7) is 8.41. The molecule has 0 bridgehead atoms. The van der Waals surface area contributed by atoms with Gasteiger partial charge in [0.25, 0.3) is 0 Å². The summed E-state index contributed by atoms with van der Waals surface area (Å²) in [5, 5.41) is 3.97. The Bertz CT molecular complexity index is 430. The standard InChI is InChI=1S/C19H30N2/c1-15-8-9-16(2)19(12-15)20-18-10-11-21(14-18)13-17-6-4-3-5-7-17/h3-7,15-16,18-20H,8-14H2,1-2H3. The second-order valence-electron chi connectivity index (χ2n) is 7.37. The lowest BCUT2D eigenvalue weighted by Gasteiger charge is -2.35. The van der Waals surface area contributed by atoms with Crippen LogP contribution in [0.3, 0.4) is 0 Å². The van der Waals surface area contributed by atoms with Crippen LogP contribution in [0.15, 0.2) is 30.3 Å². The van der Waals surface area contributed by atoms with Crippen LogP contribution in [0.5, 0.6) is 0 Å². The van der Waals surface area contributed by atoms with Crippen molar-refractivity contribution in [3.05, 3.63) is 35.9 Å². The lowest BCUT2D eigenvalue weighted by Crippen LogP contribution is -2.46. The molecule has 1 aromatic carbocycles. The minimum atomic E-state index is 0.700. The first kappa shape index (κ1) is 15.1. The van der Waals surface area contributed by atoms with Gasteiger partial charge in [-0.2, -0.15) is 0 Å². The van der Waals surface area contributed by atoms with Gasteiger partial charge in [0.2, 0.25) is 0 Å². The molecule has 2 nitrogen and oxygen atoms in total. The molecule has 2 fully saturated rings. The van der Waals surface area contributed by atoms with E-state index in [1.54, 1.807) is 0 Å². The smallest absolute Gasteiger partial charge is 0.0234 e. The van der Waals surface area contributed by atoms with Crippen molar-refractivity contribution in [3.8, 4) is 0 Å². The quantitative estimate of drug-likeness (QED) is 0.908. The highest BCUT2D eigenvalue weighted by molar-refractivity contribution is 5.14. The summed E-state index contributed by atoms with van der Waals surface area (Å²) in [5.74, 6) is 1.75. The van der Waals surface area contributed by atoms with Gasteiger partial charge in [0, 0.05) is 31.7 Å². The van der Waals surface area contributed by atoms with E-state index < -0.39 is 0 Å². The monoisotopic (exact) mass is 286 g/mol. The van der Waals surface area contributed by atoms with Crippen LogP contribution < -0.4 is 5.32 Å². The lowest BCUT2D eigenvalue weighted by molar-refractivity contribution is 0.210. The molecule has 1 heterocycles. The third kappa shape index (κ3) is 4.08. The molecule has 2 heteroatoms. The molecule has 4 unspecified atom stereocenters. The Hall–Kier alpha value is -0.860. The molecule has 0 aromatic heterocycles. The van der Waals surface area contributed by atoms with Crippen LogP contribution in [0.25, 0.3) is 0 Å². The van der Waals surface area contributed by atoms with Gasteiger partial charge in [-0.05, 0) is 36.7 Å². The number of nitrogens with one attached hydrogen (secondary N) is 1. The summed E-state index contributed by atoms with van der Waals surface area (Å²) in [4.78, 5) is 2.60. The Balaban J connectivity index is 1.48. The highest BCUT2D eigenvalue weighted by Crippen LogP contribution is 2.29. The molecule has 21 heavy (non-hydrogen) atoms. The van der Waals surface area contributed by atoms with Gasteiger partial charge in [-0.1, -0.05) is 50.6 Å². The fourth-order valence-electron chi connectivity index (χ4n) is 4.02. The molecule has 3 rings (SSSR count). The molecule has 1 aromatic rings.